The van der Waals surface area contributed by atoms with Crippen LogP contribution in [0.3, 0.4) is 0 Å². The van der Waals surface area contributed by atoms with E-state index in [9.17, 15) is 4.79 Å². The lowest BCUT2D eigenvalue weighted by atomic mass is 9.98. The molecule has 2 aromatic heterocycles. The van der Waals surface area contributed by atoms with Gasteiger partial charge in [0.2, 0.25) is 5.95 Å². The van der Waals surface area contributed by atoms with Crippen molar-refractivity contribution in [2.45, 2.75) is 58.7 Å². The van der Waals surface area contributed by atoms with Crippen LogP contribution in [0.1, 0.15) is 44.7 Å². The molecule has 3 aromatic rings. The molecule has 1 amide bonds. The molecule has 1 atom stereocenters. The van der Waals surface area contributed by atoms with E-state index in [4.69, 9.17) is 14.5 Å². The first kappa shape index (κ1) is 25.3. The minimum Gasteiger partial charge on any atom is -0.495 e. The fraction of sp³-hybridized carbons (Fsp3) is 0.556. The minimum atomic E-state index is -0.501. The molecule has 1 N–H and O–H groups in total. The van der Waals surface area contributed by atoms with Gasteiger partial charge >= 0.3 is 6.09 Å². The lowest BCUT2D eigenvalue weighted by Gasteiger charge is -2.34. The Labute approximate surface area is 218 Å². The fourth-order valence-corrected chi connectivity index (χ4v) is 5.13. The summed E-state index contributed by atoms with van der Waals surface area (Å²) < 4.78 is 13.2. The number of methoxy groups -OCH3 is 1. The molecule has 5 rings (SSSR count). The third-order valence-electron chi connectivity index (χ3n) is 6.95. The Morgan fingerprint density at radius 1 is 1.19 bits per heavy atom. The van der Waals surface area contributed by atoms with E-state index in [0.717, 1.165) is 61.4 Å². The van der Waals surface area contributed by atoms with Crippen LogP contribution in [0.2, 0.25) is 0 Å². The second-order valence-corrected chi connectivity index (χ2v) is 11.2. The van der Waals surface area contributed by atoms with Crippen LogP contribution in [-0.4, -0.2) is 75.0 Å². The predicted octanol–water partition coefficient (Wildman–Crippen LogP) is 4.21. The number of aromatic nitrogens is 4. The lowest BCUT2D eigenvalue weighted by Crippen LogP contribution is -2.43. The van der Waals surface area contributed by atoms with E-state index in [-0.39, 0.29) is 12.0 Å². The Balaban J connectivity index is 1.33. The first-order chi connectivity index (χ1) is 17.7. The van der Waals surface area contributed by atoms with E-state index in [1.54, 1.807) is 19.5 Å². The highest BCUT2D eigenvalue weighted by Gasteiger charge is 2.28. The van der Waals surface area contributed by atoms with Crippen LogP contribution in [0.4, 0.5) is 16.4 Å². The number of carbonyl (C=O) groups excluding carboxylic acids is 1. The summed E-state index contributed by atoms with van der Waals surface area (Å²) in [7, 11) is 3.82. The number of ether oxygens (including phenoxy) is 2. The van der Waals surface area contributed by atoms with Crippen molar-refractivity contribution in [1.82, 2.24) is 29.5 Å². The highest BCUT2D eigenvalue weighted by Crippen LogP contribution is 2.33. The molecule has 2 aliphatic rings. The smallest absolute Gasteiger partial charge is 0.410 e. The molecule has 1 aromatic carbocycles. The zero-order valence-corrected chi connectivity index (χ0v) is 22.5. The second kappa shape index (κ2) is 10.2. The van der Waals surface area contributed by atoms with Crippen molar-refractivity contribution in [2.75, 3.05) is 39.1 Å². The summed E-state index contributed by atoms with van der Waals surface area (Å²) in [6.07, 6.45) is 6.32. The number of nitrogens with one attached hydrogen (secondary N) is 1. The average Bonchev–Trinajstić information content (AvgIpc) is 3.24. The van der Waals surface area contributed by atoms with Gasteiger partial charge in [-0.3, -0.25) is 0 Å². The van der Waals surface area contributed by atoms with Crippen LogP contribution in [0.15, 0.2) is 24.5 Å². The molecule has 1 saturated heterocycles. The third-order valence-corrected chi connectivity index (χ3v) is 6.95. The van der Waals surface area contributed by atoms with Crippen LogP contribution >= 0.6 is 0 Å². The van der Waals surface area contributed by atoms with E-state index in [2.05, 4.69) is 39.5 Å². The molecule has 0 spiro atoms. The molecule has 10 heteroatoms. The Bertz CT molecular complexity index is 1280. The number of nitrogens with zero attached hydrogens (tertiary/aromatic N) is 6. The van der Waals surface area contributed by atoms with Crippen molar-refractivity contribution >= 4 is 28.8 Å². The average molecular weight is 508 g/mol. The van der Waals surface area contributed by atoms with Crippen molar-refractivity contribution < 1.29 is 14.3 Å². The molecule has 1 fully saturated rings. The maximum Gasteiger partial charge on any atom is 0.410 e. The standard InChI is InChI=1S/C27H37N7O3/c1-27(2,3)37-26(35)33-9-6-7-18(15-33)16-34-24-21(14-29-34)13-28-25(31-24)30-22-11-20-17-32(4)10-8-19(20)12-23(22)36-5/h11-14,18H,6-10,15-17H2,1-5H3,(H,28,30,31). The molecule has 0 radical (unpaired) electrons. The topological polar surface area (TPSA) is 97.6 Å². The summed E-state index contributed by atoms with van der Waals surface area (Å²) >= 11 is 0. The molecule has 2 aliphatic heterocycles. The van der Waals surface area contributed by atoms with Crippen LogP contribution in [0.25, 0.3) is 11.0 Å². The molecule has 0 bridgehead atoms. The largest absolute Gasteiger partial charge is 0.495 e. The molecular formula is C27H37N7O3. The number of rotatable bonds is 5. The van der Waals surface area contributed by atoms with E-state index >= 15 is 0 Å². The van der Waals surface area contributed by atoms with Crippen LogP contribution < -0.4 is 10.1 Å². The quantitative estimate of drug-likeness (QED) is 0.548. The van der Waals surface area contributed by atoms with Crippen LogP contribution in [0.5, 0.6) is 5.75 Å². The normalized spacial score (nSPS) is 18.5. The van der Waals surface area contributed by atoms with E-state index < -0.39 is 5.60 Å². The highest BCUT2D eigenvalue weighted by atomic mass is 16.6. The second-order valence-electron chi connectivity index (χ2n) is 11.2. The highest BCUT2D eigenvalue weighted by molar-refractivity contribution is 5.76. The van der Waals surface area contributed by atoms with Gasteiger partial charge in [0.25, 0.3) is 0 Å². The SMILES string of the molecule is COc1cc2c(cc1Nc1ncc3cnn(CC4CCCN(C(=O)OC(C)(C)C)C4)c3n1)CN(C)CC2. The predicted molar refractivity (Wildman–Crippen MR) is 142 cm³/mol. The van der Waals surface area contributed by atoms with E-state index in [0.29, 0.717) is 19.0 Å². The van der Waals surface area contributed by atoms with Gasteiger partial charge in [-0.1, -0.05) is 0 Å². The van der Waals surface area contributed by atoms with Crippen LogP contribution in [-0.2, 0) is 24.2 Å². The van der Waals surface area contributed by atoms with Crippen molar-refractivity contribution in [1.29, 1.82) is 0 Å². The number of anilines is 2. The first-order valence-electron chi connectivity index (χ1n) is 13.0. The zero-order chi connectivity index (χ0) is 26.2. The lowest BCUT2D eigenvalue weighted by molar-refractivity contribution is 0.0156. The van der Waals surface area contributed by atoms with Gasteiger partial charge in [0.1, 0.15) is 11.4 Å². The molecule has 0 saturated carbocycles. The molecular weight excluding hydrogens is 470 g/mol. The van der Waals surface area contributed by atoms with E-state index in [1.807, 2.05) is 30.4 Å². The van der Waals surface area contributed by atoms with Crippen molar-refractivity contribution in [3.05, 3.63) is 35.7 Å². The van der Waals surface area contributed by atoms with Gasteiger partial charge in [-0.15, -0.1) is 0 Å². The number of likely N-dealkylation sites (N-methyl/N-ethyl adjacent to an activating group) is 1. The fourth-order valence-electron chi connectivity index (χ4n) is 5.13. The number of amides is 1. The summed E-state index contributed by atoms with van der Waals surface area (Å²) in [5, 5.41) is 8.84. The van der Waals surface area contributed by atoms with Gasteiger partial charge in [-0.2, -0.15) is 10.1 Å². The summed E-state index contributed by atoms with van der Waals surface area (Å²) in [5.74, 6) is 1.55. The maximum atomic E-state index is 12.6. The molecule has 198 valence electrons. The summed E-state index contributed by atoms with van der Waals surface area (Å²) in [6, 6.07) is 4.26. The molecule has 4 heterocycles. The maximum absolute atomic E-state index is 12.6. The van der Waals surface area contributed by atoms with Gasteiger partial charge in [0.15, 0.2) is 5.65 Å². The number of carbonyl (C=O) groups is 1. The summed E-state index contributed by atoms with van der Waals surface area (Å²) in [5.41, 5.74) is 3.72. The Hall–Kier alpha value is -3.40. The monoisotopic (exact) mass is 507 g/mol. The van der Waals surface area contributed by atoms with Gasteiger partial charge in [0.05, 0.1) is 24.4 Å². The van der Waals surface area contributed by atoms with Crippen molar-refractivity contribution in [2.24, 2.45) is 5.92 Å². The third kappa shape index (κ3) is 5.79. The summed E-state index contributed by atoms with van der Waals surface area (Å²) in [6.45, 7) is 9.68. The van der Waals surface area contributed by atoms with Gasteiger partial charge in [0, 0.05) is 38.9 Å². The molecule has 10 nitrogen and oxygen atoms in total. The van der Waals surface area contributed by atoms with Crippen molar-refractivity contribution in [3.8, 4) is 5.75 Å². The zero-order valence-electron chi connectivity index (χ0n) is 22.5. The van der Waals surface area contributed by atoms with Gasteiger partial charge in [-0.05, 0) is 76.3 Å². The number of hydrogen-bond acceptors (Lipinski definition) is 8. The number of hydrogen-bond donors (Lipinski definition) is 1. The van der Waals surface area contributed by atoms with Crippen molar-refractivity contribution in [3.63, 3.8) is 0 Å². The Morgan fingerprint density at radius 3 is 2.81 bits per heavy atom. The molecule has 1 unspecified atom stereocenters. The van der Waals surface area contributed by atoms with Gasteiger partial charge in [-0.25, -0.2) is 14.5 Å². The minimum absolute atomic E-state index is 0.249. The first-order valence-corrected chi connectivity index (χ1v) is 13.0. The van der Waals surface area contributed by atoms with Crippen LogP contribution in [0, 0.1) is 5.92 Å². The number of fused-ring (bicyclic) bond motifs is 2. The van der Waals surface area contributed by atoms with Gasteiger partial charge < -0.3 is 24.6 Å². The van der Waals surface area contributed by atoms with E-state index in [1.165, 1.54) is 11.1 Å². The number of benzene rings is 1. The number of piperidine rings is 1. The molecule has 0 aliphatic carbocycles. The molecule has 37 heavy (non-hydrogen) atoms. The Morgan fingerprint density at radius 2 is 2.03 bits per heavy atom. The Kier molecular flexibility index (Phi) is 6.94. The summed E-state index contributed by atoms with van der Waals surface area (Å²) in [4.78, 5) is 26.0. The number of likely N-dealkylation sites (tertiary alicyclic amines) is 1.